The van der Waals surface area contributed by atoms with Gasteiger partial charge >= 0.3 is 0 Å². The monoisotopic (exact) mass is 416 g/mol. The lowest BCUT2D eigenvalue weighted by molar-refractivity contribution is 0.329. The standard InChI is InChI=1S/C16H18Cl2N4O3S/c1-26(24,25)21-8-2-3-12(10-21)20-14-9-19-22(16(23)15(14)18)13-6-4-11(17)5-7-13/h4-7,9,12,20H,2-3,8,10H2,1H3. The Hall–Kier alpha value is -1.61. The summed E-state index contributed by atoms with van der Waals surface area (Å²) in [5.41, 5.74) is 0.478. The maximum Gasteiger partial charge on any atom is 0.292 e. The summed E-state index contributed by atoms with van der Waals surface area (Å²) in [5.74, 6) is 0. The predicted octanol–water partition coefficient (Wildman–Crippen LogP) is 2.38. The molecule has 1 aliphatic heterocycles. The second-order valence-corrected chi connectivity index (χ2v) is 8.97. The average Bonchev–Trinajstić information content (AvgIpc) is 2.60. The molecule has 26 heavy (non-hydrogen) atoms. The van der Waals surface area contributed by atoms with Gasteiger partial charge in [-0.1, -0.05) is 23.2 Å². The van der Waals surface area contributed by atoms with Crippen LogP contribution in [0.2, 0.25) is 10.0 Å². The SMILES string of the molecule is CS(=O)(=O)N1CCCC(Nc2cnn(-c3ccc(Cl)cc3)c(=O)c2Cl)C1. The van der Waals surface area contributed by atoms with Crippen LogP contribution in [0.1, 0.15) is 12.8 Å². The van der Waals surface area contributed by atoms with Gasteiger partial charge in [0.2, 0.25) is 10.0 Å². The molecule has 0 spiro atoms. The molecule has 2 aromatic rings. The van der Waals surface area contributed by atoms with Crippen LogP contribution in [0.3, 0.4) is 0 Å². The summed E-state index contributed by atoms with van der Waals surface area (Å²) in [6.07, 6.45) is 4.18. The van der Waals surface area contributed by atoms with Crippen LogP contribution in [0.4, 0.5) is 5.69 Å². The Labute approximate surface area is 161 Å². The summed E-state index contributed by atoms with van der Waals surface area (Å²) in [6.45, 7) is 0.830. The van der Waals surface area contributed by atoms with Crippen molar-refractivity contribution in [2.24, 2.45) is 0 Å². The van der Waals surface area contributed by atoms with Crippen molar-refractivity contribution in [2.45, 2.75) is 18.9 Å². The number of hydrogen-bond acceptors (Lipinski definition) is 5. The van der Waals surface area contributed by atoms with Gasteiger partial charge in [0, 0.05) is 24.2 Å². The highest BCUT2D eigenvalue weighted by molar-refractivity contribution is 7.88. The summed E-state index contributed by atoms with van der Waals surface area (Å²) in [6, 6.07) is 6.53. The molecular weight excluding hydrogens is 399 g/mol. The van der Waals surface area contributed by atoms with E-state index in [1.54, 1.807) is 24.3 Å². The van der Waals surface area contributed by atoms with E-state index >= 15 is 0 Å². The molecule has 0 radical (unpaired) electrons. The van der Waals surface area contributed by atoms with Gasteiger partial charge in [-0.25, -0.2) is 12.7 Å². The third kappa shape index (κ3) is 4.20. The van der Waals surface area contributed by atoms with Gasteiger partial charge in [-0.3, -0.25) is 4.79 Å². The largest absolute Gasteiger partial charge is 0.378 e. The zero-order valence-corrected chi connectivity index (χ0v) is 16.4. The minimum absolute atomic E-state index is 0.00595. The minimum Gasteiger partial charge on any atom is -0.378 e. The first kappa shape index (κ1) is 19.2. The van der Waals surface area contributed by atoms with E-state index < -0.39 is 15.6 Å². The van der Waals surface area contributed by atoms with Gasteiger partial charge in [0.15, 0.2) is 0 Å². The normalized spacial score (nSPS) is 18.7. The summed E-state index contributed by atoms with van der Waals surface area (Å²) in [5, 5.41) is 7.86. The Kier molecular flexibility index (Phi) is 5.57. The molecular formula is C16H18Cl2N4O3S. The van der Waals surface area contributed by atoms with Gasteiger partial charge in [0.05, 0.1) is 23.8 Å². The summed E-state index contributed by atoms with van der Waals surface area (Å²) >= 11 is 12.1. The van der Waals surface area contributed by atoms with E-state index in [1.807, 2.05) is 0 Å². The van der Waals surface area contributed by atoms with Crippen LogP contribution >= 0.6 is 23.2 Å². The molecule has 0 saturated carbocycles. The fourth-order valence-electron chi connectivity index (χ4n) is 2.88. The van der Waals surface area contributed by atoms with Crippen LogP contribution in [0.5, 0.6) is 0 Å². The Morgan fingerprint density at radius 2 is 1.92 bits per heavy atom. The summed E-state index contributed by atoms with van der Waals surface area (Å²) < 4.78 is 26.1. The van der Waals surface area contributed by atoms with Gasteiger partial charge in [-0.05, 0) is 37.1 Å². The van der Waals surface area contributed by atoms with E-state index in [-0.39, 0.29) is 11.1 Å². The first-order valence-corrected chi connectivity index (χ1v) is 10.6. The van der Waals surface area contributed by atoms with Gasteiger partial charge < -0.3 is 5.32 Å². The van der Waals surface area contributed by atoms with Crippen molar-refractivity contribution < 1.29 is 8.42 Å². The topological polar surface area (TPSA) is 84.3 Å². The molecule has 0 amide bonds. The van der Waals surface area contributed by atoms with Crippen molar-refractivity contribution in [1.29, 1.82) is 0 Å². The van der Waals surface area contributed by atoms with E-state index in [4.69, 9.17) is 23.2 Å². The fraction of sp³-hybridized carbons (Fsp3) is 0.375. The Morgan fingerprint density at radius 3 is 2.58 bits per heavy atom. The van der Waals surface area contributed by atoms with E-state index in [2.05, 4.69) is 10.4 Å². The molecule has 1 atom stereocenters. The molecule has 140 valence electrons. The van der Waals surface area contributed by atoms with Crippen LogP contribution in [0.25, 0.3) is 5.69 Å². The second kappa shape index (κ2) is 7.56. The highest BCUT2D eigenvalue weighted by atomic mass is 35.5. The molecule has 0 aliphatic carbocycles. The van der Waals surface area contributed by atoms with E-state index in [0.29, 0.717) is 29.5 Å². The maximum atomic E-state index is 12.5. The van der Waals surface area contributed by atoms with Crippen molar-refractivity contribution in [3.63, 3.8) is 0 Å². The number of piperidine rings is 1. The highest BCUT2D eigenvalue weighted by Crippen LogP contribution is 2.22. The number of nitrogens with zero attached hydrogens (tertiary/aromatic N) is 3. The molecule has 7 nitrogen and oxygen atoms in total. The average molecular weight is 417 g/mol. The van der Waals surface area contributed by atoms with Crippen LogP contribution in [0.15, 0.2) is 35.3 Å². The molecule has 3 rings (SSSR count). The predicted molar refractivity (Wildman–Crippen MR) is 103 cm³/mol. The van der Waals surface area contributed by atoms with Crippen molar-refractivity contribution in [2.75, 3.05) is 24.7 Å². The third-order valence-corrected chi connectivity index (χ3v) is 6.09. The quantitative estimate of drug-likeness (QED) is 0.826. The van der Waals surface area contributed by atoms with Gasteiger partial charge in [-0.2, -0.15) is 9.78 Å². The maximum absolute atomic E-state index is 12.5. The number of anilines is 1. The molecule has 2 heterocycles. The molecule has 1 fully saturated rings. The fourth-order valence-corrected chi connectivity index (χ4v) is 4.10. The van der Waals surface area contributed by atoms with Crippen LogP contribution in [0, 0.1) is 0 Å². The van der Waals surface area contributed by atoms with Crippen molar-refractivity contribution >= 4 is 38.9 Å². The van der Waals surface area contributed by atoms with Crippen molar-refractivity contribution in [3.05, 3.63) is 50.9 Å². The minimum atomic E-state index is -3.25. The van der Waals surface area contributed by atoms with Crippen LogP contribution < -0.4 is 10.9 Å². The molecule has 1 N–H and O–H groups in total. The molecule has 1 unspecified atom stereocenters. The van der Waals surface area contributed by atoms with E-state index in [1.165, 1.54) is 21.4 Å². The third-order valence-electron chi connectivity index (χ3n) is 4.20. The van der Waals surface area contributed by atoms with Gasteiger partial charge in [0.25, 0.3) is 5.56 Å². The summed E-state index contributed by atoms with van der Waals surface area (Å²) in [4.78, 5) is 12.5. The molecule has 1 saturated heterocycles. The van der Waals surface area contributed by atoms with Crippen molar-refractivity contribution in [1.82, 2.24) is 14.1 Å². The first-order valence-electron chi connectivity index (χ1n) is 8.01. The van der Waals surface area contributed by atoms with Gasteiger partial charge in [0.1, 0.15) is 5.02 Å². The first-order chi connectivity index (χ1) is 12.3. The molecule has 0 bridgehead atoms. The molecule has 10 heteroatoms. The number of hydrogen-bond donors (Lipinski definition) is 1. The lowest BCUT2D eigenvalue weighted by Gasteiger charge is -2.32. The van der Waals surface area contributed by atoms with Crippen LogP contribution in [-0.2, 0) is 10.0 Å². The smallest absolute Gasteiger partial charge is 0.292 e. The number of sulfonamides is 1. The Morgan fingerprint density at radius 1 is 1.23 bits per heavy atom. The number of rotatable bonds is 4. The molecule has 1 aromatic heterocycles. The zero-order valence-electron chi connectivity index (χ0n) is 14.0. The second-order valence-electron chi connectivity index (χ2n) is 6.17. The van der Waals surface area contributed by atoms with E-state index in [9.17, 15) is 13.2 Å². The number of aromatic nitrogens is 2. The van der Waals surface area contributed by atoms with Gasteiger partial charge in [-0.15, -0.1) is 0 Å². The highest BCUT2D eigenvalue weighted by Gasteiger charge is 2.26. The molecule has 1 aromatic carbocycles. The summed E-state index contributed by atoms with van der Waals surface area (Å²) in [7, 11) is -3.25. The number of benzene rings is 1. The number of nitrogens with one attached hydrogen (secondary N) is 1. The lowest BCUT2D eigenvalue weighted by atomic mass is 10.1. The zero-order chi connectivity index (χ0) is 18.9. The van der Waals surface area contributed by atoms with Crippen molar-refractivity contribution in [3.8, 4) is 5.69 Å². The number of halogens is 2. The lowest BCUT2D eigenvalue weighted by Crippen LogP contribution is -2.44. The Bertz CT molecular complexity index is 960. The van der Waals surface area contributed by atoms with Crippen LogP contribution in [-0.4, -0.2) is 47.9 Å². The Balaban J connectivity index is 1.82. The van der Waals surface area contributed by atoms with E-state index in [0.717, 1.165) is 12.8 Å². The molecule has 1 aliphatic rings.